The van der Waals surface area contributed by atoms with Gasteiger partial charge in [-0.2, -0.15) is 0 Å². The number of hydrogen-bond acceptors (Lipinski definition) is 4. The summed E-state index contributed by atoms with van der Waals surface area (Å²) in [5.41, 5.74) is 1.07. The molecule has 0 unspecified atom stereocenters. The Labute approximate surface area is 106 Å². The molecular weight excluding hydrogens is 228 g/mol. The Hall–Kier alpha value is -1.85. The van der Waals surface area contributed by atoms with Crippen LogP contribution < -0.4 is 5.32 Å². The molecule has 2 aromatic heterocycles. The Morgan fingerprint density at radius 1 is 1.39 bits per heavy atom. The second-order valence-electron chi connectivity index (χ2n) is 4.84. The first-order chi connectivity index (χ1) is 8.81. The second-order valence-corrected chi connectivity index (χ2v) is 4.84. The molecule has 0 saturated heterocycles. The van der Waals surface area contributed by atoms with Crippen LogP contribution in [-0.4, -0.2) is 30.6 Å². The smallest absolute Gasteiger partial charge is 0.203 e. The minimum atomic E-state index is 0.640. The van der Waals surface area contributed by atoms with Crippen molar-refractivity contribution in [2.75, 3.05) is 5.32 Å². The molecule has 1 aliphatic carbocycles. The van der Waals surface area contributed by atoms with Gasteiger partial charge in [0.25, 0.3) is 0 Å². The van der Waals surface area contributed by atoms with E-state index in [9.17, 15) is 0 Å². The van der Waals surface area contributed by atoms with Crippen molar-refractivity contribution < 1.29 is 0 Å². The molecule has 0 amide bonds. The van der Waals surface area contributed by atoms with E-state index in [4.69, 9.17) is 0 Å². The topological polar surface area (TPSA) is 60.6 Å². The van der Waals surface area contributed by atoms with Crippen LogP contribution in [0.5, 0.6) is 0 Å². The summed E-state index contributed by atoms with van der Waals surface area (Å²) in [5, 5.41) is 11.2. The largest absolute Gasteiger partial charge is 0.353 e. The number of aryl methyl sites for hydroxylation is 3. The summed E-state index contributed by atoms with van der Waals surface area (Å²) < 4.78 is 4.06. The molecule has 0 spiro atoms. The normalized spacial score (nSPS) is 14.9. The van der Waals surface area contributed by atoms with Gasteiger partial charge in [-0.05, 0) is 26.2 Å². The standard InChI is InChI=1S/C12H18N6/c1-10-9-17(12(14-10)15-11-3-4-11)6-2-7-18-8-5-13-16-18/h5,8-9,11H,2-4,6-7H2,1H3,(H,14,15). The van der Waals surface area contributed by atoms with Crippen LogP contribution in [0.25, 0.3) is 0 Å². The van der Waals surface area contributed by atoms with Gasteiger partial charge in [-0.15, -0.1) is 5.10 Å². The van der Waals surface area contributed by atoms with Crippen LogP contribution in [-0.2, 0) is 13.1 Å². The molecule has 1 fully saturated rings. The Bertz CT molecular complexity index is 497. The van der Waals surface area contributed by atoms with Gasteiger partial charge in [0.15, 0.2) is 0 Å². The molecular formula is C12H18N6. The zero-order valence-electron chi connectivity index (χ0n) is 10.6. The van der Waals surface area contributed by atoms with Crippen LogP contribution >= 0.6 is 0 Å². The zero-order chi connectivity index (χ0) is 12.4. The lowest BCUT2D eigenvalue weighted by Crippen LogP contribution is -2.10. The fourth-order valence-electron chi connectivity index (χ4n) is 2.00. The van der Waals surface area contributed by atoms with Crippen molar-refractivity contribution in [1.29, 1.82) is 0 Å². The highest BCUT2D eigenvalue weighted by molar-refractivity contribution is 5.32. The van der Waals surface area contributed by atoms with Gasteiger partial charge in [-0.3, -0.25) is 4.68 Å². The Kier molecular flexibility index (Phi) is 3.00. The molecule has 3 rings (SSSR count). The molecule has 18 heavy (non-hydrogen) atoms. The minimum absolute atomic E-state index is 0.640. The number of imidazole rings is 1. The number of anilines is 1. The monoisotopic (exact) mass is 246 g/mol. The third-order valence-electron chi connectivity index (χ3n) is 3.07. The highest BCUT2D eigenvalue weighted by atomic mass is 15.4. The third-order valence-corrected chi connectivity index (χ3v) is 3.07. The first kappa shape index (κ1) is 11.3. The van der Waals surface area contributed by atoms with Crippen molar-refractivity contribution in [2.45, 2.75) is 45.3 Å². The minimum Gasteiger partial charge on any atom is -0.353 e. The van der Waals surface area contributed by atoms with Gasteiger partial charge < -0.3 is 9.88 Å². The Morgan fingerprint density at radius 3 is 3.00 bits per heavy atom. The molecule has 1 N–H and O–H groups in total. The van der Waals surface area contributed by atoms with Crippen LogP contribution in [0.15, 0.2) is 18.6 Å². The van der Waals surface area contributed by atoms with Crippen molar-refractivity contribution in [2.24, 2.45) is 0 Å². The average Bonchev–Trinajstić information content (AvgIpc) is 2.87. The van der Waals surface area contributed by atoms with E-state index in [1.807, 2.05) is 17.8 Å². The van der Waals surface area contributed by atoms with Gasteiger partial charge in [0.2, 0.25) is 5.95 Å². The van der Waals surface area contributed by atoms with Crippen LogP contribution in [0.1, 0.15) is 25.0 Å². The van der Waals surface area contributed by atoms with Crippen LogP contribution in [0.3, 0.4) is 0 Å². The van der Waals surface area contributed by atoms with Gasteiger partial charge >= 0.3 is 0 Å². The molecule has 6 nitrogen and oxygen atoms in total. The van der Waals surface area contributed by atoms with E-state index in [1.54, 1.807) is 6.20 Å². The number of rotatable bonds is 6. The molecule has 1 aliphatic rings. The SMILES string of the molecule is Cc1cn(CCCn2ccnn2)c(NC2CC2)n1. The predicted octanol–water partition coefficient (Wildman–Crippen LogP) is 1.45. The molecule has 0 radical (unpaired) electrons. The van der Waals surface area contributed by atoms with Gasteiger partial charge in [-0.1, -0.05) is 5.21 Å². The predicted molar refractivity (Wildman–Crippen MR) is 68.2 cm³/mol. The summed E-state index contributed by atoms with van der Waals surface area (Å²) in [6, 6.07) is 0.640. The number of nitrogens with zero attached hydrogens (tertiary/aromatic N) is 5. The first-order valence-electron chi connectivity index (χ1n) is 6.46. The number of nitrogens with one attached hydrogen (secondary N) is 1. The van der Waals surface area contributed by atoms with Crippen molar-refractivity contribution in [3.05, 3.63) is 24.3 Å². The van der Waals surface area contributed by atoms with E-state index in [0.29, 0.717) is 6.04 Å². The van der Waals surface area contributed by atoms with E-state index >= 15 is 0 Å². The van der Waals surface area contributed by atoms with E-state index in [0.717, 1.165) is 31.2 Å². The van der Waals surface area contributed by atoms with Crippen molar-refractivity contribution in [3.8, 4) is 0 Å². The summed E-state index contributed by atoms with van der Waals surface area (Å²) in [6.07, 6.45) is 9.27. The Morgan fingerprint density at radius 2 is 2.28 bits per heavy atom. The molecule has 0 atom stereocenters. The maximum absolute atomic E-state index is 4.52. The average molecular weight is 246 g/mol. The molecule has 0 aromatic carbocycles. The van der Waals surface area contributed by atoms with E-state index in [1.165, 1.54) is 12.8 Å². The maximum atomic E-state index is 4.52. The van der Waals surface area contributed by atoms with E-state index in [2.05, 4.69) is 31.4 Å². The van der Waals surface area contributed by atoms with Crippen LogP contribution in [0, 0.1) is 6.92 Å². The summed E-state index contributed by atoms with van der Waals surface area (Å²) in [4.78, 5) is 4.52. The van der Waals surface area contributed by atoms with E-state index in [-0.39, 0.29) is 0 Å². The molecule has 2 aromatic rings. The summed E-state index contributed by atoms with van der Waals surface area (Å²) in [6.45, 7) is 3.88. The zero-order valence-corrected chi connectivity index (χ0v) is 10.6. The lowest BCUT2D eigenvalue weighted by molar-refractivity contribution is 0.516. The molecule has 2 heterocycles. The second kappa shape index (κ2) is 4.80. The molecule has 1 saturated carbocycles. The molecule has 0 bridgehead atoms. The first-order valence-corrected chi connectivity index (χ1v) is 6.46. The van der Waals surface area contributed by atoms with Crippen LogP contribution in [0.4, 0.5) is 5.95 Å². The summed E-state index contributed by atoms with van der Waals surface area (Å²) in [7, 11) is 0. The molecule has 96 valence electrons. The van der Waals surface area contributed by atoms with Gasteiger partial charge in [0.05, 0.1) is 11.9 Å². The molecule has 0 aliphatic heterocycles. The van der Waals surface area contributed by atoms with Crippen molar-refractivity contribution in [3.63, 3.8) is 0 Å². The van der Waals surface area contributed by atoms with E-state index < -0.39 is 0 Å². The molecule has 6 heteroatoms. The fourth-order valence-corrected chi connectivity index (χ4v) is 2.00. The highest BCUT2D eigenvalue weighted by Crippen LogP contribution is 2.24. The summed E-state index contributed by atoms with van der Waals surface area (Å²) in [5.74, 6) is 1.01. The quantitative estimate of drug-likeness (QED) is 0.838. The number of hydrogen-bond donors (Lipinski definition) is 1. The maximum Gasteiger partial charge on any atom is 0.203 e. The lowest BCUT2D eigenvalue weighted by atomic mass is 10.4. The van der Waals surface area contributed by atoms with Gasteiger partial charge in [0, 0.05) is 31.5 Å². The van der Waals surface area contributed by atoms with Gasteiger partial charge in [-0.25, -0.2) is 4.98 Å². The van der Waals surface area contributed by atoms with Crippen molar-refractivity contribution in [1.82, 2.24) is 24.5 Å². The lowest BCUT2D eigenvalue weighted by Gasteiger charge is -2.08. The fraction of sp³-hybridized carbons (Fsp3) is 0.583. The van der Waals surface area contributed by atoms with Crippen LogP contribution in [0.2, 0.25) is 0 Å². The van der Waals surface area contributed by atoms with Gasteiger partial charge in [0.1, 0.15) is 0 Å². The highest BCUT2D eigenvalue weighted by Gasteiger charge is 2.22. The third kappa shape index (κ3) is 2.69. The number of aromatic nitrogens is 5. The summed E-state index contributed by atoms with van der Waals surface area (Å²) >= 11 is 0. The Balaban J connectivity index is 1.57. The van der Waals surface area contributed by atoms with Crippen molar-refractivity contribution >= 4 is 5.95 Å².